The highest BCUT2D eigenvalue weighted by molar-refractivity contribution is 7.93. The van der Waals surface area contributed by atoms with Crippen LogP contribution in [0.5, 0.6) is 0 Å². The number of nitrogens with zero attached hydrogens (tertiary/aromatic N) is 2. The number of anilines is 2. The van der Waals surface area contributed by atoms with Crippen molar-refractivity contribution < 1.29 is 13.2 Å². The Kier molecular flexibility index (Phi) is 5.27. The number of aromatic nitrogens is 1. The molecule has 3 aromatic rings. The van der Waals surface area contributed by atoms with Gasteiger partial charge in [0.1, 0.15) is 0 Å². The minimum absolute atomic E-state index is 0.147. The fourth-order valence-electron chi connectivity index (χ4n) is 4.26. The van der Waals surface area contributed by atoms with Gasteiger partial charge < -0.3 is 0 Å². The van der Waals surface area contributed by atoms with E-state index in [2.05, 4.69) is 28.5 Å². The average Bonchev–Trinajstić information content (AvgIpc) is 3.39. The van der Waals surface area contributed by atoms with Crippen molar-refractivity contribution in [2.75, 3.05) is 21.9 Å². The number of amides is 1. The molecule has 0 atom stereocenters. The van der Waals surface area contributed by atoms with E-state index in [1.807, 2.05) is 5.38 Å². The number of nitrogens with one attached hydrogen (secondary N) is 1. The Labute approximate surface area is 186 Å². The summed E-state index contributed by atoms with van der Waals surface area (Å²) in [6.07, 6.45) is 5.34. The summed E-state index contributed by atoms with van der Waals surface area (Å²) in [5.74, 6) is -0.154. The minimum Gasteiger partial charge on any atom is -0.298 e. The number of sulfonamides is 1. The van der Waals surface area contributed by atoms with E-state index in [0.717, 1.165) is 24.1 Å². The number of fused-ring (bicyclic) bond motifs is 1. The molecule has 0 unspecified atom stereocenters. The molecule has 5 rings (SSSR count). The third-order valence-electron chi connectivity index (χ3n) is 5.86. The summed E-state index contributed by atoms with van der Waals surface area (Å²) in [7, 11) is -3.28. The van der Waals surface area contributed by atoms with E-state index in [9.17, 15) is 13.2 Å². The fourth-order valence-corrected chi connectivity index (χ4v) is 6.53. The number of hydrogen-bond acceptors (Lipinski definition) is 5. The van der Waals surface area contributed by atoms with Crippen LogP contribution in [0.15, 0.2) is 47.8 Å². The quantitative estimate of drug-likeness (QED) is 0.632. The van der Waals surface area contributed by atoms with E-state index in [1.54, 1.807) is 24.3 Å². The first-order valence-corrected chi connectivity index (χ1v) is 13.0. The lowest BCUT2D eigenvalue weighted by Crippen LogP contribution is -2.25. The largest absolute Gasteiger partial charge is 0.298 e. The summed E-state index contributed by atoms with van der Waals surface area (Å²) >= 11 is 1.38. The third-order valence-corrected chi connectivity index (χ3v) is 8.49. The van der Waals surface area contributed by atoms with Crippen LogP contribution in [0.25, 0.3) is 11.3 Å². The average molecular weight is 454 g/mol. The molecule has 2 aliphatic rings. The lowest BCUT2D eigenvalue weighted by Gasteiger charge is -2.17. The zero-order chi connectivity index (χ0) is 21.4. The summed E-state index contributed by atoms with van der Waals surface area (Å²) in [5, 5.41) is 5.33. The van der Waals surface area contributed by atoms with Crippen LogP contribution in [0.4, 0.5) is 10.8 Å². The van der Waals surface area contributed by atoms with Crippen molar-refractivity contribution in [3.63, 3.8) is 0 Å². The lowest BCUT2D eigenvalue weighted by molar-refractivity contribution is 0.102. The second kappa shape index (κ2) is 8.09. The van der Waals surface area contributed by atoms with Gasteiger partial charge in [-0.3, -0.25) is 14.4 Å². The van der Waals surface area contributed by atoms with Gasteiger partial charge in [0, 0.05) is 23.1 Å². The maximum atomic E-state index is 12.8. The van der Waals surface area contributed by atoms with Gasteiger partial charge in [-0.1, -0.05) is 18.2 Å². The summed E-state index contributed by atoms with van der Waals surface area (Å²) in [6, 6.07) is 13.2. The topological polar surface area (TPSA) is 79.4 Å². The van der Waals surface area contributed by atoms with Gasteiger partial charge in [-0.15, -0.1) is 11.3 Å². The summed E-state index contributed by atoms with van der Waals surface area (Å²) < 4.78 is 25.7. The lowest BCUT2D eigenvalue weighted by atomic mass is 9.90. The third kappa shape index (κ3) is 4.09. The Balaban J connectivity index is 1.33. The van der Waals surface area contributed by atoms with Crippen molar-refractivity contribution in [2.45, 2.75) is 32.1 Å². The zero-order valence-corrected chi connectivity index (χ0v) is 18.6. The van der Waals surface area contributed by atoms with E-state index in [4.69, 9.17) is 0 Å². The molecule has 1 aromatic heterocycles. The van der Waals surface area contributed by atoms with Gasteiger partial charge in [-0.2, -0.15) is 0 Å². The molecule has 1 amide bonds. The van der Waals surface area contributed by atoms with Gasteiger partial charge >= 0.3 is 0 Å². The highest BCUT2D eigenvalue weighted by Gasteiger charge is 2.28. The van der Waals surface area contributed by atoms with Crippen LogP contribution in [0.1, 0.15) is 40.7 Å². The van der Waals surface area contributed by atoms with Crippen LogP contribution in [0, 0.1) is 0 Å². The van der Waals surface area contributed by atoms with Crippen LogP contribution >= 0.6 is 11.3 Å². The monoisotopic (exact) mass is 453 g/mol. The second-order valence-electron chi connectivity index (χ2n) is 7.97. The molecule has 6 nitrogen and oxygen atoms in total. The van der Waals surface area contributed by atoms with E-state index in [1.165, 1.54) is 39.6 Å². The number of thiazole rings is 1. The fraction of sp³-hybridized carbons (Fsp3) is 0.304. The standard InChI is InChI=1S/C23H23N3O3S2/c27-22(19-7-3-8-20(14-19)26-11-4-12-31(26,28)29)25-23-24-21(15-30-23)18-10-9-16-5-1-2-6-17(16)13-18/h3,7-10,13-15H,1-2,4-6,11-12H2,(H,24,25,27). The van der Waals surface area contributed by atoms with Gasteiger partial charge in [-0.05, 0) is 67.5 Å². The number of carbonyl (C=O) groups is 1. The molecule has 160 valence electrons. The molecule has 1 saturated heterocycles. The first-order chi connectivity index (χ1) is 15.0. The maximum Gasteiger partial charge on any atom is 0.257 e. The molecule has 2 heterocycles. The molecule has 1 aliphatic carbocycles. The molecular weight excluding hydrogens is 430 g/mol. The highest BCUT2D eigenvalue weighted by atomic mass is 32.2. The maximum absolute atomic E-state index is 12.8. The van der Waals surface area contributed by atoms with E-state index >= 15 is 0 Å². The molecule has 0 saturated carbocycles. The van der Waals surface area contributed by atoms with Crippen LogP contribution in [-0.2, 0) is 22.9 Å². The van der Waals surface area contributed by atoms with Crippen LogP contribution in [-0.4, -0.2) is 31.6 Å². The highest BCUT2D eigenvalue weighted by Crippen LogP contribution is 2.30. The Morgan fingerprint density at radius 3 is 2.68 bits per heavy atom. The molecule has 1 N–H and O–H groups in total. The first kappa shape index (κ1) is 20.2. The molecule has 31 heavy (non-hydrogen) atoms. The predicted octanol–water partition coefficient (Wildman–Crippen LogP) is 4.48. The Morgan fingerprint density at radius 2 is 1.87 bits per heavy atom. The Morgan fingerprint density at radius 1 is 1.03 bits per heavy atom. The second-order valence-corrected chi connectivity index (χ2v) is 10.8. The van der Waals surface area contributed by atoms with Gasteiger partial charge in [0.15, 0.2) is 5.13 Å². The minimum atomic E-state index is -3.28. The van der Waals surface area contributed by atoms with E-state index in [-0.39, 0.29) is 11.7 Å². The van der Waals surface area contributed by atoms with E-state index < -0.39 is 10.0 Å². The van der Waals surface area contributed by atoms with Crippen molar-refractivity contribution in [1.82, 2.24) is 4.98 Å². The number of benzene rings is 2. The van der Waals surface area contributed by atoms with Gasteiger partial charge in [0.05, 0.1) is 17.1 Å². The molecular formula is C23H23N3O3S2. The number of carbonyl (C=O) groups excluding carboxylic acids is 1. The van der Waals surface area contributed by atoms with Gasteiger partial charge in [0.2, 0.25) is 10.0 Å². The smallest absolute Gasteiger partial charge is 0.257 e. The number of hydrogen-bond donors (Lipinski definition) is 1. The summed E-state index contributed by atoms with van der Waals surface area (Å²) in [6.45, 7) is 0.448. The molecule has 1 aliphatic heterocycles. The summed E-state index contributed by atoms with van der Waals surface area (Å²) in [4.78, 5) is 17.4. The number of aryl methyl sites for hydroxylation is 2. The van der Waals surface area contributed by atoms with Crippen molar-refractivity contribution in [3.8, 4) is 11.3 Å². The van der Waals surface area contributed by atoms with Crippen molar-refractivity contribution in [1.29, 1.82) is 0 Å². The predicted molar refractivity (Wildman–Crippen MR) is 124 cm³/mol. The van der Waals surface area contributed by atoms with Crippen LogP contribution in [0.2, 0.25) is 0 Å². The first-order valence-electron chi connectivity index (χ1n) is 10.5. The van der Waals surface area contributed by atoms with Gasteiger partial charge in [-0.25, -0.2) is 13.4 Å². The Bertz CT molecular complexity index is 1250. The molecule has 1 fully saturated rings. The molecule has 8 heteroatoms. The van der Waals surface area contributed by atoms with Crippen molar-refractivity contribution in [2.24, 2.45) is 0 Å². The molecule has 2 aromatic carbocycles. The molecule has 0 bridgehead atoms. The SMILES string of the molecule is O=C(Nc1nc(-c2ccc3c(c2)CCCC3)cs1)c1cccc(N2CCCS2(=O)=O)c1. The molecule has 0 radical (unpaired) electrons. The van der Waals surface area contributed by atoms with Crippen LogP contribution in [0.3, 0.4) is 0 Å². The van der Waals surface area contributed by atoms with Crippen molar-refractivity contribution >= 4 is 38.1 Å². The van der Waals surface area contributed by atoms with E-state index in [0.29, 0.717) is 29.3 Å². The normalized spacial score (nSPS) is 17.4. The molecule has 0 spiro atoms. The van der Waals surface area contributed by atoms with Crippen molar-refractivity contribution in [3.05, 3.63) is 64.5 Å². The zero-order valence-electron chi connectivity index (χ0n) is 17.0. The number of rotatable bonds is 4. The van der Waals surface area contributed by atoms with Crippen LogP contribution < -0.4 is 9.62 Å². The Hall–Kier alpha value is -2.71. The summed E-state index contributed by atoms with van der Waals surface area (Å²) in [5.41, 5.74) is 5.68. The van der Waals surface area contributed by atoms with Gasteiger partial charge in [0.25, 0.3) is 5.91 Å².